The molecule has 1 atom stereocenters. The average Bonchev–Trinajstić information content (AvgIpc) is 2.89. The van der Waals surface area contributed by atoms with Crippen molar-refractivity contribution in [2.45, 2.75) is 46.1 Å². The number of amides is 1. The Balaban J connectivity index is 1.74. The van der Waals surface area contributed by atoms with Gasteiger partial charge in [-0.15, -0.1) is 0 Å². The van der Waals surface area contributed by atoms with Crippen molar-refractivity contribution in [3.05, 3.63) is 50.5 Å². The van der Waals surface area contributed by atoms with Gasteiger partial charge < -0.3 is 4.90 Å². The second-order valence-electron chi connectivity index (χ2n) is 6.50. The van der Waals surface area contributed by atoms with E-state index in [2.05, 4.69) is 26.1 Å². The van der Waals surface area contributed by atoms with Crippen LogP contribution in [0.25, 0.3) is 0 Å². The van der Waals surface area contributed by atoms with Crippen molar-refractivity contribution >= 4 is 21.8 Å². The van der Waals surface area contributed by atoms with Crippen LogP contribution in [0.15, 0.2) is 16.6 Å². The van der Waals surface area contributed by atoms with E-state index in [1.807, 2.05) is 20.8 Å². The molecule has 1 aliphatic heterocycles. The molecule has 0 saturated carbocycles. The molecule has 3 rings (SSSR count). The molecule has 0 bridgehead atoms. The number of nitrogens with one attached hydrogen (secondary N) is 1. The van der Waals surface area contributed by atoms with E-state index in [9.17, 15) is 9.18 Å². The number of H-pyrrole nitrogens is 1. The van der Waals surface area contributed by atoms with E-state index in [0.29, 0.717) is 31.5 Å². The van der Waals surface area contributed by atoms with Crippen LogP contribution in [0.2, 0.25) is 0 Å². The van der Waals surface area contributed by atoms with Gasteiger partial charge in [-0.2, -0.15) is 5.10 Å². The van der Waals surface area contributed by atoms with Crippen LogP contribution in [0.1, 0.15) is 47.3 Å². The molecule has 1 aliphatic rings. The van der Waals surface area contributed by atoms with Gasteiger partial charge in [-0.1, -0.05) is 22.9 Å². The predicted molar refractivity (Wildman–Crippen MR) is 94.3 cm³/mol. The maximum absolute atomic E-state index is 14.1. The Labute approximate surface area is 149 Å². The first-order valence-corrected chi connectivity index (χ1v) is 8.92. The van der Waals surface area contributed by atoms with E-state index in [-0.39, 0.29) is 17.6 Å². The predicted octanol–water partition coefficient (Wildman–Crippen LogP) is 4.01. The molecule has 0 aliphatic carbocycles. The fraction of sp³-hybridized carbons (Fsp3) is 0.444. The zero-order chi connectivity index (χ0) is 17.4. The van der Waals surface area contributed by atoms with E-state index in [1.165, 1.54) is 6.07 Å². The van der Waals surface area contributed by atoms with Crippen molar-refractivity contribution in [2.75, 3.05) is 6.54 Å². The van der Waals surface area contributed by atoms with Gasteiger partial charge in [0.2, 0.25) is 5.91 Å². The lowest BCUT2D eigenvalue weighted by molar-refractivity contribution is -0.132. The smallest absolute Gasteiger partial charge is 0.223 e. The molecule has 1 unspecified atom stereocenters. The Morgan fingerprint density at radius 1 is 1.42 bits per heavy atom. The Bertz CT molecular complexity index is 767. The molecule has 1 amide bonds. The lowest BCUT2D eigenvalue weighted by atomic mass is 9.94. The number of carbonyl (C=O) groups is 1. The molecule has 128 valence electrons. The van der Waals surface area contributed by atoms with Crippen LogP contribution >= 0.6 is 15.9 Å². The van der Waals surface area contributed by atoms with E-state index in [4.69, 9.17) is 0 Å². The third-order valence-corrected chi connectivity index (χ3v) is 5.55. The number of carbonyl (C=O) groups excluding carboxylic acids is 1. The summed E-state index contributed by atoms with van der Waals surface area (Å²) in [7, 11) is 0. The summed E-state index contributed by atoms with van der Waals surface area (Å²) in [6, 6.07) is 3.19. The van der Waals surface area contributed by atoms with Crippen LogP contribution in [0.3, 0.4) is 0 Å². The molecule has 0 saturated heterocycles. The first kappa shape index (κ1) is 17.1. The number of aromatic nitrogens is 2. The lowest BCUT2D eigenvalue weighted by Crippen LogP contribution is -2.37. The third-order valence-electron chi connectivity index (χ3n) is 4.81. The monoisotopic (exact) mass is 393 g/mol. The van der Waals surface area contributed by atoms with Gasteiger partial charge in [-0.05, 0) is 49.4 Å². The fourth-order valence-electron chi connectivity index (χ4n) is 3.59. The van der Waals surface area contributed by atoms with Crippen molar-refractivity contribution < 1.29 is 9.18 Å². The topological polar surface area (TPSA) is 49.0 Å². The third kappa shape index (κ3) is 3.11. The quantitative estimate of drug-likeness (QED) is 0.856. The number of hydrogen-bond donors (Lipinski definition) is 1. The molecule has 1 N–H and O–H groups in total. The van der Waals surface area contributed by atoms with Gasteiger partial charge in [0.15, 0.2) is 0 Å². The summed E-state index contributed by atoms with van der Waals surface area (Å²) in [5.41, 5.74) is 4.66. The Kier molecular flexibility index (Phi) is 4.76. The number of nitrogens with zero attached hydrogens (tertiary/aromatic N) is 2. The van der Waals surface area contributed by atoms with Crippen molar-refractivity contribution in [2.24, 2.45) is 0 Å². The van der Waals surface area contributed by atoms with Gasteiger partial charge in [0, 0.05) is 35.2 Å². The molecule has 0 radical (unpaired) electrons. The summed E-state index contributed by atoms with van der Waals surface area (Å²) in [6.45, 7) is 6.93. The van der Waals surface area contributed by atoms with E-state index in [1.54, 1.807) is 11.0 Å². The maximum Gasteiger partial charge on any atom is 0.223 e. The van der Waals surface area contributed by atoms with Gasteiger partial charge in [-0.3, -0.25) is 9.89 Å². The van der Waals surface area contributed by atoms with Crippen LogP contribution in [-0.2, 0) is 17.8 Å². The normalized spacial score (nSPS) is 15.3. The number of halogens is 2. The second-order valence-corrected chi connectivity index (χ2v) is 7.36. The zero-order valence-electron chi connectivity index (χ0n) is 14.1. The summed E-state index contributed by atoms with van der Waals surface area (Å²) >= 11 is 3.47. The molecule has 1 aromatic carbocycles. The number of fused-ring (bicyclic) bond motifs is 1. The zero-order valence-corrected chi connectivity index (χ0v) is 15.7. The SMILES string of the molecule is Cc1n[nH]c(C)c1C(C)CC(=O)N1CCc2c(Br)ccc(F)c2C1. The van der Waals surface area contributed by atoms with Crippen LogP contribution in [0.5, 0.6) is 0 Å². The summed E-state index contributed by atoms with van der Waals surface area (Å²) in [5, 5.41) is 7.17. The molecule has 0 fully saturated rings. The van der Waals surface area contributed by atoms with E-state index >= 15 is 0 Å². The lowest BCUT2D eigenvalue weighted by Gasteiger charge is -2.30. The van der Waals surface area contributed by atoms with Crippen molar-refractivity contribution in [1.29, 1.82) is 0 Å². The molecule has 4 nitrogen and oxygen atoms in total. The summed E-state index contributed by atoms with van der Waals surface area (Å²) in [6.07, 6.45) is 1.09. The highest BCUT2D eigenvalue weighted by atomic mass is 79.9. The molecule has 2 heterocycles. The Morgan fingerprint density at radius 3 is 2.83 bits per heavy atom. The summed E-state index contributed by atoms with van der Waals surface area (Å²) < 4.78 is 15.0. The van der Waals surface area contributed by atoms with Gasteiger partial charge in [0.05, 0.1) is 5.69 Å². The number of hydrogen-bond acceptors (Lipinski definition) is 2. The largest absolute Gasteiger partial charge is 0.338 e. The second kappa shape index (κ2) is 6.67. The highest BCUT2D eigenvalue weighted by Gasteiger charge is 2.26. The van der Waals surface area contributed by atoms with Crippen molar-refractivity contribution in [3.63, 3.8) is 0 Å². The number of rotatable bonds is 3. The average molecular weight is 394 g/mol. The van der Waals surface area contributed by atoms with Crippen molar-refractivity contribution in [3.8, 4) is 0 Å². The van der Waals surface area contributed by atoms with Crippen LogP contribution in [-0.4, -0.2) is 27.5 Å². The highest BCUT2D eigenvalue weighted by Crippen LogP contribution is 2.30. The minimum absolute atomic E-state index is 0.0625. The molecular formula is C18H21BrFN3O. The first-order chi connectivity index (χ1) is 11.4. The summed E-state index contributed by atoms with van der Waals surface area (Å²) in [4.78, 5) is 14.5. The van der Waals surface area contributed by atoms with Crippen molar-refractivity contribution in [1.82, 2.24) is 15.1 Å². The Morgan fingerprint density at radius 2 is 2.17 bits per heavy atom. The number of aromatic amines is 1. The van der Waals surface area contributed by atoms with Crippen LogP contribution in [0.4, 0.5) is 4.39 Å². The van der Waals surface area contributed by atoms with Gasteiger partial charge in [-0.25, -0.2) is 4.39 Å². The Hall–Kier alpha value is -1.69. The van der Waals surface area contributed by atoms with E-state index < -0.39 is 0 Å². The molecule has 6 heteroatoms. The first-order valence-electron chi connectivity index (χ1n) is 8.13. The minimum Gasteiger partial charge on any atom is -0.338 e. The van der Waals surface area contributed by atoms with Gasteiger partial charge >= 0.3 is 0 Å². The van der Waals surface area contributed by atoms with Gasteiger partial charge in [0.25, 0.3) is 0 Å². The molecular weight excluding hydrogens is 373 g/mol. The molecule has 24 heavy (non-hydrogen) atoms. The maximum atomic E-state index is 14.1. The fourth-order valence-corrected chi connectivity index (χ4v) is 4.16. The van der Waals surface area contributed by atoms with Crippen LogP contribution < -0.4 is 0 Å². The van der Waals surface area contributed by atoms with Crippen LogP contribution in [0, 0.1) is 19.7 Å². The van der Waals surface area contributed by atoms with Gasteiger partial charge in [0.1, 0.15) is 5.82 Å². The standard InChI is InChI=1S/C18H21BrFN3O/c1-10(18-11(2)21-22-12(18)3)8-17(24)23-7-6-13-14(9-23)16(20)5-4-15(13)19/h4-5,10H,6-9H2,1-3H3,(H,21,22). The summed E-state index contributed by atoms with van der Waals surface area (Å²) in [5.74, 6) is -0.0854. The molecule has 1 aromatic heterocycles. The minimum atomic E-state index is -0.236. The van der Waals surface area contributed by atoms with E-state index in [0.717, 1.165) is 27.0 Å². The molecule has 0 spiro atoms. The molecule has 2 aromatic rings. The number of benzene rings is 1. The highest BCUT2D eigenvalue weighted by molar-refractivity contribution is 9.10. The number of aryl methyl sites for hydroxylation is 2.